The van der Waals surface area contributed by atoms with Crippen LogP contribution in [0.5, 0.6) is 0 Å². The van der Waals surface area contributed by atoms with Gasteiger partial charge in [-0.3, -0.25) is 0 Å². The second-order valence-electron chi connectivity index (χ2n) is 1.85. The first kappa shape index (κ1) is 7.17. The fourth-order valence-electron chi connectivity index (χ4n) is 0.655. The Morgan fingerprint density at radius 1 is 1.17 bits per heavy atom. The Labute approximate surface area is 72.5 Å². The lowest BCUT2D eigenvalue weighted by Crippen LogP contribution is -1.88. The molecule has 0 N–H and O–H groups in total. The van der Waals surface area contributed by atoms with E-state index in [2.05, 4.69) is 37.8 Å². The average molecular weight is 181 g/mol. The van der Waals surface area contributed by atoms with Gasteiger partial charge in [-0.25, -0.2) is 15.0 Å². The highest BCUT2D eigenvalue weighted by Crippen LogP contribution is 2.12. The summed E-state index contributed by atoms with van der Waals surface area (Å²) in [4.78, 5) is 11.3. The van der Waals surface area contributed by atoms with E-state index < -0.39 is 0 Å². The van der Waals surface area contributed by atoms with Crippen LogP contribution in [0.3, 0.4) is 0 Å². The molecule has 60 valence electrons. The van der Waals surface area contributed by atoms with E-state index in [9.17, 15) is 0 Å². The third-order valence-electron chi connectivity index (χ3n) is 1.10. The van der Waals surface area contributed by atoms with E-state index in [4.69, 9.17) is 4.42 Å². The van der Waals surface area contributed by atoms with Crippen LogP contribution in [0.15, 0.2) is 22.3 Å². The van der Waals surface area contributed by atoms with E-state index in [0.29, 0.717) is 5.82 Å². The zero-order valence-corrected chi connectivity index (χ0v) is 6.64. The van der Waals surface area contributed by atoms with E-state index in [1.807, 2.05) is 0 Å². The Morgan fingerprint density at radius 2 is 1.92 bits per heavy atom. The Kier molecular flexibility index (Phi) is 1.71. The first-order valence-corrected chi connectivity index (χ1v) is 3.46. The normalized spacial score (nSPS) is 10.1. The van der Waals surface area contributed by atoms with Crippen LogP contribution in [-0.2, 0) is 0 Å². The molecule has 2 rings (SSSR count). The molecule has 6 nitrogen and oxygen atoms in total. The maximum Gasteiger partial charge on any atom is 0.286 e. The van der Waals surface area contributed by atoms with Gasteiger partial charge in [0.2, 0.25) is 5.82 Å². The maximum atomic E-state index is 4.96. The van der Waals surface area contributed by atoms with Crippen LogP contribution >= 0.6 is 12.6 Å². The molecule has 0 amide bonds. The third kappa shape index (κ3) is 1.26. The van der Waals surface area contributed by atoms with Gasteiger partial charge >= 0.3 is 0 Å². The Bertz CT molecular complexity index is 374. The highest BCUT2D eigenvalue weighted by atomic mass is 32.1. The van der Waals surface area contributed by atoms with Crippen molar-refractivity contribution in [1.29, 1.82) is 0 Å². The molecule has 0 radical (unpaired) electrons. The SMILES string of the molecule is Sc1nnc(-c2ncncn2)o1. The summed E-state index contributed by atoms with van der Waals surface area (Å²) in [5.41, 5.74) is 0. The lowest BCUT2D eigenvalue weighted by Gasteiger charge is -1.87. The molecule has 7 heteroatoms. The van der Waals surface area contributed by atoms with Gasteiger partial charge in [0, 0.05) is 0 Å². The molecule has 0 aromatic carbocycles. The largest absolute Gasteiger partial charge is 0.408 e. The van der Waals surface area contributed by atoms with Crippen LogP contribution in [0, 0.1) is 0 Å². The smallest absolute Gasteiger partial charge is 0.286 e. The Balaban J connectivity index is 2.45. The number of hydrogen-bond donors (Lipinski definition) is 1. The van der Waals surface area contributed by atoms with Gasteiger partial charge in [-0.2, -0.15) is 0 Å². The summed E-state index contributed by atoms with van der Waals surface area (Å²) in [7, 11) is 0. The van der Waals surface area contributed by atoms with Crippen molar-refractivity contribution < 1.29 is 4.42 Å². The summed E-state index contributed by atoms with van der Waals surface area (Å²) in [5.74, 6) is 0.584. The van der Waals surface area contributed by atoms with Gasteiger partial charge in [0.15, 0.2) is 0 Å². The second-order valence-corrected chi connectivity index (χ2v) is 2.23. The fraction of sp³-hybridized carbons (Fsp3) is 0. The van der Waals surface area contributed by atoms with Gasteiger partial charge in [0.25, 0.3) is 11.1 Å². The van der Waals surface area contributed by atoms with Gasteiger partial charge in [-0.05, 0) is 0 Å². The van der Waals surface area contributed by atoms with E-state index in [-0.39, 0.29) is 11.1 Å². The Morgan fingerprint density at radius 3 is 2.50 bits per heavy atom. The topological polar surface area (TPSA) is 77.6 Å². The molecule has 2 aromatic heterocycles. The van der Waals surface area contributed by atoms with Crippen LogP contribution in [0.1, 0.15) is 0 Å². The summed E-state index contributed by atoms with van der Waals surface area (Å²) >= 11 is 3.84. The molecule has 0 aliphatic carbocycles. The second kappa shape index (κ2) is 2.86. The lowest BCUT2D eigenvalue weighted by atomic mass is 10.6. The summed E-state index contributed by atoms with van der Waals surface area (Å²) in [6.07, 6.45) is 2.70. The molecule has 2 heterocycles. The van der Waals surface area contributed by atoms with Crippen molar-refractivity contribution in [1.82, 2.24) is 25.1 Å². The van der Waals surface area contributed by atoms with E-state index in [1.54, 1.807) is 0 Å². The molecule has 0 aliphatic heterocycles. The first-order chi connectivity index (χ1) is 5.86. The lowest BCUT2D eigenvalue weighted by molar-refractivity contribution is 0.465. The van der Waals surface area contributed by atoms with Crippen molar-refractivity contribution in [3.63, 3.8) is 0 Å². The standard InChI is InChI=1S/C5H3N5OS/c12-5-10-9-4(11-5)3-7-1-6-2-8-3/h1-2H,(H,10,12). The van der Waals surface area contributed by atoms with Crippen molar-refractivity contribution >= 4 is 12.6 Å². The van der Waals surface area contributed by atoms with E-state index >= 15 is 0 Å². The maximum absolute atomic E-state index is 4.96. The molecule has 0 saturated carbocycles. The van der Waals surface area contributed by atoms with Crippen molar-refractivity contribution in [3.8, 4) is 11.7 Å². The van der Waals surface area contributed by atoms with Crippen molar-refractivity contribution in [2.24, 2.45) is 0 Å². The summed E-state index contributed by atoms with van der Waals surface area (Å²) in [5, 5.41) is 7.37. The first-order valence-electron chi connectivity index (χ1n) is 3.01. The van der Waals surface area contributed by atoms with E-state index in [0.717, 1.165) is 0 Å². The molecule has 0 fully saturated rings. The molecule has 0 aliphatic rings. The molecule has 0 atom stereocenters. The summed E-state index contributed by atoms with van der Waals surface area (Å²) in [6.45, 7) is 0. The summed E-state index contributed by atoms with van der Waals surface area (Å²) in [6, 6.07) is 0. The molecule has 0 saturated heterocycles. The molecule has 0 unspecified atom stereocenters. The quantitative estimate of drug-likeness (QED) is 0.633. The van der Waals surface area contributed by atoms with Crippen molar-refractivity contribution in [2.45, 2.75) is 5.22 Å². The van der Waals surface area contributed by atoms with E-state index in [1.165, 1.54) is 12.7 Å². The van der Waals surface area contributed by atoms with Crippen molar-refractivity contribution in [2.75, 3.05) is 0 Å². The molecule has 2 aromatic rings. The van der Waals surface area contributed by atoms with Gasteiger partial charge in [0.05, 0.1) is 0 Å². The molecule has 12 heavy (non-hydrogen) atoms. The predicted octanol–water partition coefficient (Wildman–Crippen LogP) is 0.210. The van der Waals surface area contributed by atoms with Crippen LogP contribution in [0.2, 0.25) is 0 Å². The average Bonchev–Trinajstić information content (AvgIpc) is 2.54. The highest BCUT2D eigenvalue weighted by Gasteiger charge is 2.07. The molecular weight excluding hydrogens is 178 g/mol. The van der Waals surface area contributed by atoms with Crippen LogP contribution < -0.4 is 0 Å². The van der Waals surface area contributed by atoms with Crippen LogP contribution in [-0.4, -0.2) is 25.1 Å². The minimum atomic E-state index is 0.186. The van der Waals surface area contributed by atoms with Gasteiger partial charge in [-0.15, -0.1) is 10.2 Å². The van der Waals surface area contributed by atoms with Crippen LogP contribution in [0.25, 0.3) is 11.7 Å². The van der Waals surface area contributed by atoms with Gasteiger partial charge in [-0.1, -0.05) is 12.6 Å². The zero-order chi connectivity index (χ0) is 8.39. The van der Waals surface area contributed by atoms with Crippen molar-refractivity contribution in [3.05, 3.63) is 12.7 Å². The van der Waals surface area contributed by atoms with Gasteiger partial charge in [0.1, 0.15) is 12.7 Å². The highest BCUT2D eigenvalue weighted by molar-refractivity contribution is 7.80. The number of hydrogen-bond acceptors (Lipinski definition) is 7. The van der Waals surface area contributed by atoms with Gasteiger partial charge < -0.3 is 4.42 Å². The number of rotatable bonds is 1. The Hall–Kier alpha value is -1.50. The molecule has 0 spiro atoms. The number of nitrogens with zero attached hydrogens (tertiary/aromatic N) is 5. The number of aromatic nitrogens is 5. The predicted molar refractivity (Wildman–Crippen MR) is 40.4 cm³/mol. The fourth-order valence-corrected chi connectivity index (χ4v) is 0.787. The zero-order valence-electron chi connectivity index (χ0n) is 5.75. The molecular formula is C5H3N5OS. The monoisotopic (exact) mass is 181 g/mol. The number of thiol groups is 1. The minimum absolute atomic E-state index is 0.186. The third-order valence-corrected chi connectivity index (χ3v) is 1.28. The molecule has 0 bridgehead atoms. The van der Waals surface area contributed by atoms with Crippen LogP contribution in [0.4, 0.5) is 0 Å². The minimum Gasteiger partial charge on any atom is -0.408 e. The summed E-state index contributed by atoms with van der Waals surface area (Å²) < 4.78 is 4.96.